The van der Waals surface area contributed by atoms with Gasteiger partial charge in [0.05, 0.1) is 12.7 Å². The average Bonchev–Trinajstić information content (AvgIpc) is 2.35. The molecule has 1 saturated carbocycles. The summed E-state index contributed by atoms with van der Waals surface area (Å²) in [5.74, 6) is 0.931. The van der Waals surface area contributed by atoms with E-state index in [1.165, 1.54) is 0 Å². The first-order valence-corrected chi connectivity index (χ1v) is 7.30. The summed E-state index contributed by atoms with van der Waals surface area (Å²) in [7, 11) is 1.62. The predicted octanol–water partition coefficient (Wildman–Crippen LogP) is 3.30. The fourth-order valence-corrected chi connectivity index (χ4v) is 3.21. The highest BCUT2D eigenvalue weighted by Gasteiger charge is 2.35. The lowest BCUT2D eigenvalue weighted by Gasteiger charge is -2.32. The Bertz CT molecular complexity index is 534. The molecule has 0 unspecified atom stereocenters. The second-order valence-corrected chi connectivity index (χ2v) is 6.18. The lowest BCUT2D eigenvalue weighted by Crippen LogP contribution is -2.40. The van der Waals surface area contributed by atoms with E-state index in [2.05, 4.69) is 15.9 Å². The minimum atomic E-state index is 0.0524. The number of rotatable bonds is 3. The van der Waals surface area contributed by atoms with Crippen molar-refractivity contribution in [3.8, 4) is 5.75 Å². The molecule has 0 heterocycles. The van der Waals surface area contributed by atoms with Gasteiger partial charge in [-0.3, -0.25) is 4.79 Å². The molecule has 0 bridgehead atoms. The van der Waals surface area contributed by atoms with Crippen molar-refractivity contribution in [2.45, 2.75) is 39.7 Å². The van der Waals surface area contributed by atoms with Gasteiger partial charge in [0.25, 0.3) is 0 Å². The standard InChI is InChI=1S/C15H20BrNO2/c1-7-8(2)15(19-4)12(9(3)13(7)16)14(18)10-5-11(17)6-10/h10-11H,5-6,17H2,1-4H3. The van der Waals surface area contributed by atoms with Crippen molar-refractivity contribution < 1.29 is 9.53 Å². The van der Waals surface area contributed by atoms with Gasteiger partial charge in [-0.25, -0.2) is 0 Å². The maximum Gasteiger partial charge on any atom is 0.170 e. The number of ketones is 1. The van der Waals surface area contributed by atoms with Crippen LogP contribution in [0.4, 0.5) is 0 Å². The quantitative estimate of drug-likeness (QED) is 0.867. The third-order valence-corrected chi connectivity index (χ3v) is 5.35. The average molecular weight is 326 g/mol. The highest BCUT2D eigenvalue weighted by Crippen LogP contribution is 2.40. The molecule has 1 aromatic carbocycles. The van der Waals surface area contributed by atoms with Crippen LogP contribution in [-0.4, -0.2) is 18.9 Å². The third-order valence-electron chi connectivity index (χ3n) is 4.16. The highest BCUT2D eigenvalue weighted by molar-refractivity contribution is 9.10. The van der Waals surface area contributed by atoms with Gasteiger partial charge in [0.1, 0.15) is 5.75 Å². The van der Waals surface area contributed by atoms with Crippen molar-refractivity contribution >= 4 is 21.7 Å². The minimum Gasteiger partial charge on any atom is -0.496 e. The second-order valence-electron chi connectivity index (χ2n) is 5.39. The van der Waals surface area contributed by atoms with Crippen molar-refractivity contribution in [3.63, 3.8) is 0 Å². The van der Waals surface area contributed by atoms with Crippen molar-refractivity contribution in [2.75, 3.05) is 7.11 Å². The van der Waals surface area contributed by atoms with Crippen LogP contribution in [-0.2, 0) is 0 Å². The van der Waals surface area contributed by atoms with Gasteiger partial charge in [0, 0.05) is 16.4 Å². The third kappa shape index (κ3) is 2.32. The highest BCUT2D eigenvalue weighted by atomic mass is 79.9. The van der Waals surface area contributed by atoms with Crippen LogP contribution in [0.5, 0.6) is 5.75 Å². The van der Waals surface area contributed by atoms with E-state index in [0.717, 1.165) is 39.6 Å². The van der Waals surface area contributed by atoms with E-state index >= 15 is 0 Å². The number of methoxy groups -OCH3 is 1. The van der Waals surface area contributed by atoms with E-state index in [-0.39, 0.29) is 17.7 Å². The lowest BCUT2D eigenvalue weighted by molar-refractivity contribution is 0.0828. The molecule has 104 valence electrons. The molecule has 0 saturated heterocycles. The van der Waals surface area contributed by atoms with Crippen molar-refractivity contribution in [1.29, 1.82) is 0 Å². The predicted molar refractivity (Wildman–Crippen MR) is 79.9 cm³/mol. The van der Waals surface area contributed by atoms with Gasteiger partial charge < -0.3 is 10.5 Å². The summed E-state index contributed by atoms with van der Waals surface area (Å²) in [4.78, 5) is 12.6. The van der Waals surface area contributed by atoms with Crippen molar-refractivity contribution in [2.24, 2.45) is 11.7 Å². The molecule has 1 fully saturated rings. The monoisotopic (exact) mass is 325 g/mol. The second kappa shape index (κ2) is 5.25. The van der Waals surface area contributed by atoms with E-state index in [1.54, 1.807) is 7.11 Å². The Kier molecular flexibility index (Phi) is 4.02. The van der Waals surface area contributed by atoms with Crippen LogP contribution in [0.3, 0.4) is 0 Å². The van der Waals surface area contributed by atoms with Gasteiger partial charge in [-0.1, -0.05) is 15.9 Å². The van der Waals surface area contributed by atoms with Gasteiger partial charge in [0.2, 0.25) is 0 Å². The molecule has 2 N–H and O–H groups in total. The van der Waals surface area contributed by atoms with Crippen LogP contribution in [0, 0.1) is 26.7 Å². The van der Waals surface area contributed by atoms with Gasteiger partial charge in [0.15, 0.2) is 5.78 Å². The summed E-state index contributed by atoms with van der Waals surface area (Å²) in [5.41, 5.74) is 9.61. The topological polar surface area (TPSA) is 52.3 Å². The van der Waals surface area contributed by atoms with Crippen LogP contribution >= 0.6 is 15.9 Å². The molecule has 2 rings (SSSR count). The molecular formula is C15H20BrNO2. The van der Waals surface area contributed by atoms with Crippen LogP contribution in [0.15, 0.2) is 4.47 Å². The smallest absolute Gasteiger partial charge is 0.170 e. The van der Waals surface area contributed by atoms with Crippen LogP contribution in [0.25, 0.3) is 0 Å². The number of hydrogen-bond donors (Lipinski definition) is 1. The number of halogens is 1. The van der Waals surface area contributed by atoms with Gasteiger partial charge in [-0.2, -0.15) is 0 Å². The fourth-order valence-electron chi connectivity index (χ4n) is 2.72. The summed E-state index contributed by atoms with van der Waals surface area (Å²) >= 11 is 3.58. The van der Waals surface area contributed by atoms with E-state index in [0.29, 0.717) is 5.75 Å². The summed E-state index contributed by atoms with van der Waals surface area (Å²) in [6, 6.07) is 0.176. The Morgan fingerprint density at radius 3 is 2.26 bits per heavy atom. The maximum absolute atomic E-state index is 12.6. The zero-order valence-corrected chi connectivity index (χ0v) is 13.4. The first-order valence-electron chi connectivity index (χ1n) is 6.51. The van der Waals surface area contributed by atoms with Crippen LogP contribution in [0.2, 0.25) is 0 Å². The Morgan fingerprint density at radius 2 is 1.79 bits per heavy atom. The molecule has 19 heavy (non-hydrogen) atoms. The molecule has 0 aromatic heterocycles. The number of nitrogens with two attached hydrogens (primary N) is 1. The largest absolute Gasteiger partial charge is 0.496 e. The number of Topliss-reactive ketones (excluding diaryl/α,β-unsaturated/α-hetero) is 1. The van der Waals surface area contributed by atoms with E-state index < -0.39 is 0 Å². The molecule has 0 amide bonds. The molecule has 4 heteroatoms. The molecule has 3 nitrogen and oxygen atoms in total. The SMILES string of the molecule is COc1c(C)c(C)c(Br)c(C)c1C(=O)C1CC(N)C1. The first kappa shape index (κ1) is 14.5. The van der Waals surface area contributed by atoms with E-state index in [4.69, 9.17) is 10.5 Å². The first-order chi connectivity index (χ1) is 8.88. The fraction of sp³-hybridized carbons (Fsp3) is 0.533. The summed E-state index contributed by atoms with van der Waals surface area (Å²) < 4.78 is 6.48. The zero-order valence-electron chi connectivity index (χ0n) is 11.8. The van der Waals surface area contributed by atoms with Crippen LogP contribution in [0.1, 0.15) is 39.9 Å². The van der Waals surface area contributed by atoms with Crippen LogP contribution < -0.4 is 10.5 Å². The Morgan fingerprint density at radius 1 is 1.21 bits per heavy atom. The molecule has 1 aliphatic rings. The zero-order chi connectivity index (χ0) is 14.3. The number of hydrogen-bond acceptors (Lipinski definition) is 3. The number of benzene rings is 1. The van der Waals surface area contributed by atoms with E-state index in [9.17, 15) is 4.79 Å². The number of ether oxygens (including phenoxy) is 1. The molecule has 0 spiro atoms. The van der Waals surface area contributed by atoms with Crippen molar-refractivity contribution in [1.82, 2.24) is 0 Å². The number of carbonyl (C=O) groups excluding carboxylic acids is 1. The van der Waals surface area contributed by atoms with Gasteiger partial charge >= 0.3 is 0 Å². The summed E-state index contributed by atoms with van der Waals surface area (Å²) in [6.45, 7) is 5.98. The Balaban J connectivity index is 2.52. The minimum absolute atomic E-state index is 0.0524. The molecule has 0 radical (unpaired) electrons. The van der Waals surface area contributed by atoms with E-state index in [1.807, 2.05) is 20.8 Å². The Labute approximate surface area is 122 Å². The lowest BCUT2D eigenvalue weighted by atomic mass is 9.75. The Hall–Kier alpha value is -0.870. The summed E-state index contributed by atoms with van der Waals surface area (Å²) in [6.07, 6.45) is 1.57. The molecule has 1 aliphatic carbocycles. The molecule has 1 aromatic rings. The molecule has 0 aliphatic heterocycles. The molecular weight excluding hydrogens is 306 g/mol. The number of carbonyl (C=O) groups is 1. The van der Waals surface area contributed by atoms with Gasteiger partial charge in [-0.15, -0.1) is 0 Å². The van der Waals surface area contributed by atoms with Crippen molar-refractivity contribution in [3.05, 3.63) is 26.7 Å². The molecule has 0 atom stereocenters. The van der Waals surface area contributed by atoms with Gasteiger partial charge in [-0.05, 0) is 50.3 Å². The summed E-state index contributed by atoms with van der Waals surface area (Å²) in [5, 5.41) is 0. The normalized spacial score (nSPS) is 22.0. The maximum atomic E-state index is 12.6.